The first-order chi connectivity index (χ1) is 8.29. The van der Waals surface area contributed by atoms with E-state index in [2.05, 4.69) is 5.09 Å². The molecule has 0 aliphatic carbocycles. The van der Waals surface area contributed by atoms with E-state index >= 15 is 0 Å². The first-order valence-corrected chi connectivity index (χ1v) is 5.21. The monoisotopic (exact) mass is 225 g/mol. The Kier molecular flexibility index (Phi) is 2.19. The van der Waals surface area contributed by atoms with Crippen LogP contribution < -0.4 is 5.46 Å². The molecule has 0 saturated heterocycles. The van der Waals surface area contributed by atoms with Crippen LogP contribution in [-0.4, -0.2) is 12.1 Å². The van der Waals surface area contributed by atoms with Crippen molar-refractivity contribution in [1.82, 2.24) is 0 Å². The summed E-state index contributed by atoms with van der Waals surface area (Å²) in [6, 6.07) is 12.8. The van der Waals surface area contributed by atoms with Crippen LogP contribution in [0.3, 0.4) is 0 Å². The van der Waals surface area contributed by atoms with Crippen molar-refractivity contribution in [2.45, 2.75) is 0 Å². The predicted octanol–water partition coefficient (Wildman–Crippen LogP) is 2.04. The summed E-state index contributed by atoms with van der Waals surface area (Å²) >= 11 is 0. The largest absolute Gasteiger partial charge is 0.517 e. The summed E-state index contributed by atoms with van der Waals surface area (Å²) in [6.07, 6.45) is 0. The smallest absolute Gasteiger partial charge is 0.456 e. The fraction of sp³-hybridized carbons (Fsp3) is 0. The summed E-state index contributed by atoms with van der Waals surface area (Å²) in [5.41, 5.74) is 1.87. The molecule has 4 nitrogen and oxygen atoms in total. The topological polar surface area (TPSA) is 62.8 Å². The molecule has 82 valence electrons. The summed E-state index contributed by atoms with van der Waals surface area (Å²) in [5.74, 6) is 0. The maximum absolute atomic E-state index is 10.3. The lowest BCUT2D eigenvalue weighted by atomic mass is 9.76. The third-order valence-electron chi connectivity index (χ3n) is 2.80. The van der Waals surface area contributed by atoms with Gasteiger partial charge in [0.1, 0.15) is 11.2 Å². The van der Waals surface area contributed by atoms with Crippen LogP contribution in [0.2, 0.25) is 0 Å². The Bertz CT molecular complexity index is 707. The van der Waals surface area contributed by atoms with Gasteiger partial charge in [0, 0.05) is 10.8 Å². The van der Waals surface area contributed by atoms with Crippen LogP contribution in [0, 0.1) is 4.91 Å². The first kappa shape index (κ1) is 10.0. The number of nitroso groups, excluding NO2 is 1. The summed E-state index contributed by atoms with van der Waals surface area (Å²) in [5, 5.41) is 13.9. The molecule has 3 aromatic rings. The normalized spacial score (nSPS) is 10.9. The van der Waals surface area contributed by atoms with Gasteiger partial charge < -0.3 is 9.44 Å². The molecule has 0 atom stereocenters. The van der Waals surface area contributed by atoms with Gasteiger partial charge in [-0.15, -0.1) is 0 Å². The molecule has 0 spiro atoms. The number of nitrogens with zero attached hydrogens (tertiary/aromatic N) is 1. The minimum atomic E-state index is -1.34. The van der Waals surface area contributed by atoms with Gasteiger partial charge in [0.05, 0.1) is 0 Å². The maximum atomic E-state index is 10.3. The van der Waals surface area contributed by atoms with E-state index in [1.54, 1.807) is 12.1 Å². The van der Waals surface area contributed by atoms with E-state index in [1.165, 1.54) is 0 Å². The standard InChI is InChI=1S/C12H8BNO3/c15-13(14-16)8-5-6-10-9-3-1-2-4-11(9)17-12(10)7-8/h1-7,15H. The summed E-state index contributed by atoms with van der Waals surface area (Å²) in [6.45, 7) is 0. The van der Waals surface area contributed by atoms with Gasteiger partial charge in [-0.25, -0.2) is 0 Å². The lowest BCUT2D eigenvalue weighted by Gasteiger charge is -1.96. The van der Waals surface area contributed by atoms with Gasteiger partial charge in [0.15, 0.2) is 0 Å². The molecule has 17 heavy (non-hydrogen) atoms. The van der Waals surface area contributed by atoms with Crippen molar-refractivity contribution in [3.63, 3.8) is 0 Å². The van der Waals surface area contributed by atoms with Crippen molar-refractivity contribution in [3.05, 3.63) is 47.4 Å². The Hall–Kier alpha value is -2.14. The van der Waals surface area contributed by atoms with Crippen molar-refractivity contribution < 1.29 is 9.44 Å². The number of fused-ring (bicyclic) bond motifs is 3. The van der Waals surface area contributed by atoms with E-state index in [0.717, 1.165) is 16.4 Å². The van der Waals surface area contributed by atoms with E-state index in [4.69, 9.17) is 4.42 Å². The Labute approximate surface area is 97.0 Å². The Morgan fingerprint density at radius 3 is 2.65 bits per heavy atom. The summed E-state index contributed by atoms with van der Waals surface area (Å²) in [4.78, 5) is 10.3. The molecular formula is C12H8BNO3. The highest BCUT2D eigenvalue weighted by atomic mass is 16.3. The van der Waals surface area contributed by atoms with E-state index in [0.29, 0.717) is 11.0 Å². The predicted molar refractivity (Wildman–Crippen MR) is 67.1 cm³/mol. The highest BCUT2D eigenvalue weighted by molar-refractivity contribution is 6.64. The fourth-order valence-electron chi connectivity index (χ4n) is 1.96. The molecule has 3 rings (SSSR count). The second kappa shape index (κ2) is 3.71. The molecule has 5 heteroatoms. The summed E-state index contributed by atoms with van der Waals surface area (Å²) in [7, 11) is -1.34. The molecule has 0 aliphatic rings. The lowest BCUT2D eigenvalue weighted by molar-refractivity contribution is 0.587. The van der Waals surface area contributed by atoms with Crippen LogP contribution in [0.5, 0.6) is 0 Å². The molecule has 0 amide bonds. The van der Waals surface area contributed by atoms with Gasteiger partial charge in [-0.05, 0) is 17.6 Å². The van der Waals surface area contributed by atoms with Gasteiger partial charge in [-0.1, -0.05) is 35.4 Å². The van der Waals surface area contributed by atoms with Gasteiger partial charge in [-0.3, -0.25) is 0 Å². The minimum absolute atomic E-state index is 0.437. The molecule has 0 unspecified atom stereocenters. The third kappa shape index (κ3) is 1.52. The molecule has 0 bridgehead atoms. The number of para-hydroxylation sites is 1. The van der Waals surface area contributed by atoms with Crippen molar-refractivity contribution in [2.24, 2.45) is 5.09 Å². The molecule has 0 fully saturated rings. The van der Waals surface area contributed by atoms with Crippen molar-refractivity contribution in [2.75, 3.05) is 0 Å². The Balaban J connectivity index is 2.30. The van der Waals surface area contributed by atoms with Crippen molar-refractivity contribution in [3.8, 4) is 0 Å². The second-order valence-electron chi connectivity index (χ2n) is 3.83. The highest BCUT2D eigenvalue weighted by Crippen LogP contribution is 2.27. The average Bonchev–Trinajstić information content (AvgIpc) is 2.75. The second-order valence-corrected chi connectivity index (χ2v) is 3.83. The van der Waals surface area contributed by atoms with Crippen LogP contribution >= 0.6 is 0 Å². The number of rotatable bonds is 2. The van der Waals surface area contributed by atoms with Crippen molar-refractivity contribution in [1.29, 1.82) is 0 Å². The average molecular weight is 225 g/mol. The highest BCUT2D eigenvalue weighted by Gasteiger charge is 2.17. The van der Waals surface area contributed by atoms with Crippen molar-refractivity contribution >= 4 is 34.5 Å². The van der Waals surface area contributed by atoms with Gasteiger partial charge in [-0.2, -0.15) is 4.91 Å². The summed E-state index contributed by atoms with van der Waals surface area (Å²) < 4.78 is 5.63. The van der Waals surface area contributed by atoms with E-state index < -0.39 is 7.05 Å². The number of hydrogen-bond acceptors (Lipinski definition) is 4. The van der Waals surface area contributed by atoms with Crippen LogP contribution in [0.4, 0.5) is 0 Å². The Morgan fingerprint density at radius 1 is 1.06 bits per heavy atom. The lowest BCUT2D eigenvalue weighted by Crippen LogP contribution is -2.27. The van der Waals surface area contributed by atoms with Crippen LogP contribution in [0.25, 0.3) is 21.9 Å². The third-order valence-corrected chi connectivity index (χ3v) is 2.80. The number of furan rings is 1. The molecular weight excluding hydrogens is 217 g/mol. The van der Waals surface area contributed by atoms with Crippen LogP contribution in [0.15, 0.2) is 52.0 Å². The van der Waals surface area contributed by atoms with E-state index in [1.807, 2.05) is 30.3 Å². The number of benzene rings is 2. The first-order valence-electron chi connectivity index (χ1n) is 5.21. The van der Waals surface area contributed by atoms with Gasteiger partial charge >= 0.3 is 7.05 Å². The zero-order chi connectivity index (χ0) is 11.8. The van der Waals surface area contributed by atoms with Gasteiger partial charge in [0.25, 0.3) is 0 Å². The van der Waals surface area contributed by atoms with E-state index in [9.17, 15) is 9.93 Å². The number of hydrogen-bond donors (Lipinski definition) is 1. The SMILES string of the molecule is O=NB(O)c1ccc2c(c1)oc1ccccc12. The quantitative estimate of drug-likeness (QED) is 0.536. The molecule has 1 N–H and O–H groups in total. The molecule has 0 radical (unpaired) electrons. The fourth-order valence-corrected chi connectivity index (χ4v) is 1.96. The molecule has 1 aromatic heterocycles. The maximum Gasteiger partial charge on any atom is 0.517 e. The van der Waals surface area contributed by atoms with Crippen LogP contribution in [0.1, 0.15) is 0 Å². The van der Waals surface area contributed by atoms with Gasteiger partial charge in [0.2, 0.25) is 0 Å². The Morgan fingerprint density at radius 2 is 1.82 bits per heavy atom. The molecule has 1 heterocycles. The zero-order valence-corrected chi connectivity index (χ0v) is 8.83. The molecule has 0 aliphatic heterocycles. The molecule has 0 saturated carbocycles. The van der Waals surface area contributed by atoms with Crippen LogP contribution in [-0.2, 0) is 0 Å². The minimum Gasteiger partial charge on any atom is -0.456 e. The van der Waals surface area contributed by atoms with E-state index in [-0.39, 0.29) is 0 Å². The molecule has 2 aromatic carbocycles. The zero-order valence-electron chi connectivity index (χ0n) is 8.83.